The van der Waals surface area contributed by atoms with Crippen LogP contribution in [0.1, 0.15) is 24.1 Å². The molecule has 1 aromatic carbocycles. The molecular formula is C20H24N4O2. The number of aryl methyl sites for hydroxylation is 1. The summed E-state index contributed by atoms with van der Waals surface area (Å²) in [6.45, 7) is 5.76. The molecule has 1 N–H and O–H groups in total. The minimum atomic E-state index is 0.273. The van der Waals surface area contributed by atoms with Crippen LogP contribution in [0.5, 0.6) is 5.75 Å². The van der Waals surface area contributed by atoms with Crippen LogP contribution in [0.25, 0.3) is 16.9 Å². The van der Waals surface area contributed by atoms with Gasteiger partial charge in [0.2, 0.25) is 0 Å². The average molecular weight is 352 g/mol. The van der Waals surface area contributed by atoms with Gasteiger partial charge in [-0.2, -0.15) is 9.61 Å². The van der Waals surface area contributed by atoms with E-state index < -0.39 is 0 Å². The van der Waals surface area contributed by atoms with Crippen molar-refractivity contribution in [3.05, 3.63) is 41.6 Å². The first kappa shape index (κ1) is 16.8. The molecule has 0 unspecified atom stereocenters. The third-order valence-corrected chi connectivity index (χ3v) is 4.99. The predicted octanol–water partition coefficient (Wildman–Crippen LogP) is 3.61. The lowest BCUT2D eigenvalue weighted by Crippen LogP contribution is -2.21. The van der Waals surface area contributed by atoms with Crippen LogP contribution in [0, 0.1) is 13.8 Å². The van der Waals surface area contributed by atoms with E-state index in [1.165, 1.54) is 0 Å². The molecule has 0 saturated carbocycles. The van der Waals surface area contributed by atoms with Crippen LogP contribution < -0.4 is 10.1 Å². The second-order valence-electron chi connectivity index (χ2n) is 6.71. The number of hydrogen-bond acceptors (Lipinski definition) is 5. The third-order valence-electron chi connectivity index (χ3n) is 4.99. The molecule has 2 aromatic heterocycles. The third kappa shape index (κ3) is 3.12. The first-order chi connectivity index (χ1) is 12.7. The zero-order chi connectivity index (χ0) is 18.1. The summed E-state index contributed by atoms with van der Waals surface area (Å²) in [6, 6.07) is 9.94. The highest BCUT2D eigenvalue weighted by Crippen LogP contribution is 2.26. The molecule has 4 rings (SSSR count). The molecule has 1 aliphatic rings. The maximum Gasteiger partial charge on any atom is 0.158 e. The second-order valence-corrected chi connectivity index (χ2v) is 6.71. The first-order valence-electron chi connectivity index (χ1n) is 9.02. The number of benzene rings is 1. The summed E-state index contributed by atoms with van der Waals surface area (Å²) < 4.78 is 12.9. The molecule has 3 aromatic rings. The molecule has 6 nitrogen and oxygen atoms in total. The van der Waals surface area contributed by atoms with Gasteiger partial charge in [0.25, 0.3) is 0 Å². The van der Waals surface area contributed by atoms with Gasteiger partial charge in [-0.1, -0.05) is 0 Å². The molecule has 26 heavy (non-hydrogen) atoms. The number of fused-ring (bicyclic) bond motifs is 1. The van der Waals surface area contributed by atoms with Crippen molar-refractivity contribution in [2.24, 2.45) is 0 Å². The fourth-order valence-corrected chi connectivity index (χ4v) is 3.33. The SMILES string of the molecule is COc1ccc(-c2cc3nc(C)c(C)c(NC[C@@H]4CCCO4)n3n2)cc1. The number of nitrogens with one attached hydrogen (secondary N) is 1. The Hall–Kier alpha value is -2.60. The van der Waals surface area contributed by atoms with Gasteiger partial charge in [0.1, 0.15) is 11.6 Å². The van der Waals surface area contributed by atoms with E-state index in [1.807, 2.05) is 41.8 Å². The summed E-state index contributed by atoms with van der Waals surface area (Å²) in [5.74, 6) is 1.82. The minimum absolute atomic E-state index is 0.273. The van der Waals surface area contributed by atoms with Crippen LogP contribution in [-0.2, 0) is 4.74 Å². The highest BCUT2D eigenvalue weighted by Gasteiger charge is 2.18. The molecule has 0 bridgehead atoms. The van der Waals surface area contributed by atoms with Gasteiger partial charge >= 0.3 is 0 Å². The molecule has 0 radical (unpaired) electrons. The molecular weight excluding hydrogens is 328 g/mol. The van der Waals surface area contributed by atoms with Crippen molar-refractivity contribution in [3.8, 4) is 17.0 Å². The number of aromatic nitrogens is 3. The number of anilines is 1. The van der Waals surface area contributed by atoms with Crippen molar-refractivity contribution >= 4 is 11.5 Å². The first-order valence-corrected chi connectivity index (χ1v) is 9.02. The van der Waals surface area contributed by atoms with Crippen molar-refractivity contribution in [3.63, 3.8) is 0 Å². The molecule has 0 aliphatic carbocycles. The van der Waals surface area contributed by atoms with E-state index in [2.05, 4.69) is 12.2 Å². The maximum atomic E-state index is 5.73. The fourth-order valence-electron chi connectivity index (χ4n) is 3.33. The van der Waals surface area contributed by atoms with Crippen LogP contribution in [0.3, 0.4) is 0 Å². The van der Waals surface area contributed by atoms with Crippen molar-refractivity contribution in [2.45, 2.75) is 32.8 Å². The van der Waals surface area contributed by atoms with E-state index >= 15 is 0 Å². The lowest BCUT2D eigenvalue weighted by Gasteiger charge is -2.15. The van der Waals surface area contributed by atoms with Gasteiger partial charge in [0, 0.05) is 36.0 Å². The number of nitrogens with zero attached hydrogens (tertiary/aromatic N) is 3. The van der Waals surface area contributed by atoms with Gasteiger partial charge in [-0.3, -0.25) is 0 Å². The number of hydrogen-bond donors (Lipinski definition) is 1. The molecule has 1 saturated heterocycles. The molecule has 0 spiro atoms. The Balaban J connectivity index is 1.70. The van der Waals surface area contributed by atoms with E-state index in [9.17, 15) is 0 Å². The van der Waals surface area contributed by atoms with Gasteiger partial charge in [-0.15, -0.1) is 0 Å². The van der Waals surface area contributed by atoms with E-state index in [-0.39, 0.29) is 6.10 Å². The summed E-state index contributed by atoms with van der Waals surface area (Å²) in [6.07, 6.45) is 2.52. The van der Waals surface area contributed by atoms with Crippen LogP contribution in [-0.4, -0.2) is 41.0 Å². The van der Waals surface area contributed by atoms with Crippen molar-refractivity contribution in [1.82, 2.24) is 14.6 Å². The van der Waals surface area contributed by atoms with Gasteiger partial charge in [-0.25, -0.2) is 4.98 Å². The van der Waals surface area contributed by atoms with Gasteiger partial charge in [-0.05, 0) is 51.0 Å². The lowest BCUT2D eigenvalue weighted by molar-refractivity contribution is 0.120. The van der Waals surface area contributed by atoms with E-state index in [1.54, 1.807) is 7.11 Å². The Morgan fingerprint density at radius 1 is 1.27 bits per heavy atom. The summed E-state index contributed by atoms with van der Waals surface area (Å²) in [7, 11) is 1.67. The van der Waals surface area contributed by atoms with E-state index in [4.69, 9.17) is 19.6 Å². The molecule has 6 heteroatoms. The minimum Gasteiger partial charge on any atom is -0.497 e. The van der Waals surface area contributed by atoms with E-state index in [0.29, 0.717) is 0 Å². The molecule has 0 amide bonds. The average Bonchev–Trinajstić information content (AvgIpc) is 3.32. The van der Waals surface area contributed by atoms with Crippen molar-refractivity contribution in [1.29, 1.82) is 0 Å². The van der Waals surface area contributed by atoms with Gasteiger partial charge < -0.3 is 14.8 Å². The summed E-state index contributed by atoms with van der Waals surface area (Å²) in [5, 5.41) is 8.33. The summed E-state index contributed by atoms with van der Waals surface area (Å²) in [4.78, 5) is 4.70. The zero-order valence-corrected chi connectivity index (χ0v) is 15.5. The Bertz CT molecular complexity index is 912. The molecule has 1 aliphatic heterocycles. The Kier molecular flexibility index (Phi) is 4.51. The van der Waals surface area contributed by atoms with Gasteiger partial charge in [0.05, 0.1) is 18.9 Å². The topological polar surface area (TPSA) is 60.7 Å². The lowest BCUT2D eigenvalue weighted by atomic mass is 10.1. The molecule has 136 valence electrons. The zero-order valence-electron chi connectivity index (χ0n) is 15.5. The Labute approximate surface area is 153 Å². The molecule has 3 heterocycles. The second kappa shape index (κ2) is 6.96. The highest BCUT2D eigenvalue weighted by atomic mass is 16.5. The Morgan fingerprint density at radius 3 is 2.77 bits per heavy atom. The van der Waals surface area contributed by atoms with Gasteiger partial charge in [0.15, 0.2) is 5.65 Å². The summed E-state index contributed by atoms with van der Waals surface area (Å²) in [5.41, 5.74) is 4.89. The van der Waals surface area contributed by atoms with Crippen molar-refractivity contribution < 1.29 is 9.47 Å². The van der Waals surface area contributed by atoms with Crippen molar-refractivity contribution in [2.75, 3.05) is 25.6 Å². The molecule has 1 atom stereocenters. The maximum absolute atomic E-state index is 5.73. The number of ether oxygens (including phenoxy) is 2. The van der Waals surface area contributed by atoms with Crippen LogP contribution in [0.15, 0.2) is 30.3 Å². The quantitative estimate of drug-likeness (QED) is 0.760. The highest BCUT2D eigenvalue weighted by molar-refractivity contribution is 5.67. The number of methoxy groups -OCH3 is 1. The van der Waals surface area contributed by atoms with E-state index in [0.717, 1.165) is 65.7 Å². The summed E-state index contributed by atoms with van der Waals surface area (Å²) >= 11 is 0. The largest absolute Gasteiger partial charge is 0.497 e. The smallest absolute Gasteiger partial charge is 0.158 e. The monoisotopic (exact) mass is 352 g/mol. The normalized spacial score (nSPS) is 17.0. The Morgan fingerprint density at radius 2 is 2.08 bits per heavy atom. The standard InChI is InChI=1S/C20H24N4O2/c1-13-14(2)22-19-11-18(15-6-8-16(25-3)9-7-15)23-24(19)20(13)21-12-17-5-4-10-26-17/h6-9,11,17,21H,4-5,10,12H2,1-3H3/t17-/m0/s1. The molecule has 1 fully saturated rings. The fraction of sp³-hybridized carbons (Fsp3) is 0.400. The van der Waals surface area contributed by atoms with Crippen LogP contribution in [0.2, 0.25) is 0 Å². The number of rotatable bonds is 5. The predicted molar refractivity (Wildman–Crippen MR) is 102 cm³/mol. The van der Waals surface area contributed by atoms with Crippen LogP contribution >= 0.6 is 0 Å². The van der Waals surface area contributed by atoms with Crippen LogP contribution in [0.4, 0.5) is 5.82 Å².